The highest BCUT2D eigenvalue weighted by atomic mass is 16.4. The van der Waals surface area contributed by atoms with Crippen molar-refractivity contribution >= 4 is 11.7 Å². The van der Waals surface area contributed by atoms with Crippen LogP contribution in [-0.4, -0.2) is 40.8 Å². The van der Waals surface area contributed by atoms with Crippen molar-refractivity contribution < 1.29 is 9.90 Å². The van der Waals surface area contributed by atoms with Crippen LogP contribution in [0.15, 0.2) is 29.4 Å². The molecular weight excluding hydrogens is 254 g/mol. The van der Waals surface area contributed by atoms with Crippen molar-refractivity contribution in [1.82, 2.24) is 10.3 Å². The van der Waals surface area contributed by atoms with Gasteiger partial charge < -0.3 is 10.5 Å². The first-order valence-electron chi connectivity index (χ1n) is 7.14. The van der Waals surface area contributed by atoms with Crippen LogP contribution >= 0.6 is 0 Å². The number of fused-ring (bicyclic) bond motifs is 2. The number of carboxylic acids is 1. The molecule has 3 saturated heterocycles. The van der Waals surface area contributed by atoms with Crippen molar-refractivity contribution in [2.45, 2.75) is 24.9 Å². The van der Waals surface area contributed by atoms with Gasteiger partial charge in [0.1, 0.15) is 0 Å². The summed E-state index contributed by atoms with van der Waals surface area (Å²) in [6, 6.07) is 7.68. The second-order valence-electron chi connectivity index (χ2n) is 5.83. The van der Waals surface area contributed by atoms with Crippen LogP contribution in [0.3, 0.4) is 0 Å². The van der Waals surface area contributed by atoms with E-state index in [2.05, 4.69) is 15.4 Å². The third kappa shape index (κ3) is 1.66. The summed E-state index contributed by atoms with van der Waals surface area (Å²) < 4.78 is 0. The molecular formula is C15H17N3O2. The molecule has 5 heteroatoms. The van der Waals surface area contributed by atoms with Gasteiger partial charge in [0.25, 0.3) is 0 Å². The lowest BCUT2D eigenvalue weighted by molar-refractivity contribution is 0.0697. The highest BCUT2D eigenvalue weighted by Gasteiger charge is 2.46. The molecule has 104 valence electrons. The number of carboxylic acid groups (broad SMARTS) is 1. The topological polar surface area (TPSA) is 64.9 Å². The Balaban J connectivity index is 1.62. The van der Waals surface area contributed by atoms with Gasteiger partial charge in [-0.25, -0.2) is 4.79 Å². The zero-order valence-corrected chi connectivity index (χ0v) is 11.1. The van der Waals surface area contributed by atoms with Crippen molar-refractivity contribution in [3.05, 3.63) is 35.4 Å². The van der Waals surface area contributed by atoms with E-state index in [0.717, 1.165) is 18.7 Å². The molecule has 0 radical (unpaired) electrons. The Morgan fingerprint density at radius 3 is 2.60 bits per heavy atom. The number of carbonyl (C=O) groups is 1. The van der Waals surface area contributed by atoms with Gasteiger partial charge in [-0.2, -0.15) is 5.10 Å². The zero-order valence-electron chi connectivity index (χ0n) is 11.1. The SMILES string of the molecule is O=C(O)c1ccc(C2NN=C3C4CCN(CC4)C32)cc1. The molecule has 5 nitrogen and oxygen atoms in total. The van der Waals surface area contributed by atoms with E-state index in [1.54, 1.807) is 12.1 Å². The highest BCUT2D eigenvalue weighted by molar-refractivity contribution is 5.95. The molecule has 2 atom stereocenters. The summed E-state index contributed by atoms with van der Waals surface area (Å²) in [7, 11) is 0. The maximum Gasteiger partial charge on any atom is 0.335 e. The molecule has 4 aliphatic rings. The molecule has 1 aromatic rings. The van der Waals surface area contributed by atoms with Gasteiger partial charge in [0.15, 0.2) is 0 Å². The van der Waals surface area contributed by atoms with Gasteiger partial charge in [0.05, 0.1) is 23.4 Å². The largest absolute Gasteiger partial charge is 0.478 e. The molecule has 0 saturated carbocycles. The van der Waals surface area contributed by atoms with Gasteiger partial charge in [0.2, 0.25) is 0 Å². The summed E-state index contributed by atoms with van der Waals surface area (Å²) in [6.07, 6.45) is 2.45. The molecule has 0 aromatic heterocycles. The fourth-order valence-electron chi connectivity index (χ4n) is 3.75. The molecule has 0 amide bonds. The molecule has 1 aromatic carbocycles. The first kappa shape index (κ1) is 11.9. The number of hydrogen-bond acceptors (Lipinski definition) is 4. The van der Waals surface area contributed by atoms with Crippen molar-refractivity contribution in [2.75, 3.05) is 13.1 Å². The smallest absolute Gasteiger partial charge is 0.335 e. The van der Waals surface area contributed by atoms with Crippen LogP contribution in [0.25, 0.3) is 0 Å². The van der Waals surface area contributed by atoms with Gasteiger partial charge in [-0.3, -0.25) is 4.90 Å². The molecule has 3 fully saturated rings. The zero-order chi connectivity index (χ0) is 13.7. The Bertz CT molecular complexity index is 573. The monoisotopic (exact) mass is 271 g/mol. The fraction of sp³-hybridized carbons (Fsp3) is 0.467. The molecule has 2 N–H and O–H groups in total. The minimum Gasteiger partial charge on any atom is -0.478 e. The minimum absolute atomic E-state index is 0.163. The molecule has 4 aliphatic heterocycles. The molecule has 0 aliphatic carbocycles. The molecule has 2 unspecified atom stereocenters. The Hall–Kier alpha value is -1.88. The van der Waals surface area contributed by atoms with Gasteiger partial charge in [-0.05, 0) is 43.6 Å². The van der Waals surface area contributed by atoms with Crippen LogP contribution in [0, 0.1) is 5.92 Å². The second-order valence-corrected chi connectivity index (χ2v) is 5.83. The maximum absolute atomic E-state index is 10.9. The van der Waals surface area contributed by atoms with Crippen LogP contribution in [0.4, 0.5) is 0 Å². The van der Waals surface area contributed by atoms with Crippen molar-refractivity contribution in [2.24, 2.45) is 11.0 Å². The van der Waals surface area contributed by atoms with E-state index >= 15 is 0 Å². The summed E-state index contributed by atoms with van der Waals surface area (Å²) in [5.41, 5.74) is 6.01. The number of benzene rings is 1. The van der Waals surface area contributed by atoms with Crippen LogP contribution < -0.4 is 5.43 Å². The Labute approximate surface area is 117 Å². The van der Waals surface area contributed by atoms with E-state index in [1.165, 1.54) is 18.6 Å². The average Bonchev–Trinajstić information content (AvgIpc) is 2.95. The number of nitrogens with zero attached hydrogens (tertiary/aromatic N) is 2. The third-order valence-electron chi connectivity index (χ3n) is 4.81. The summed E-state index contributed by atoms with van der Waals surface area (Å²) in [6.45, 7) is 2.31. The summed E-state index contributed by atoms with van der Waals surface area (Å²) in [4.78, 5) is 13.4. The predicted octanol–water partition coefficient (Wildman–Crippen LogP) is 1.48. The van der Waals surface area contributed by atoms with Gasteiger partial charge in [0, 0.05) is 5.92 Å². The summed E-state index contributed by atoms with van der Waals surface area (Å²) in [5, 5.41) is 13.5. The van der Waals surface area contributed by atoms with Crippen LogP contribution in [0.1, 0.15) is 34.8 Å². The van der Waals surface area contributed by atoms with Crippen molar-refractivity contribution in [1.29, 1.82) is 0 Å². The summed E-state index contributed by atoms with van der Waals surface area (Å²) >= 11 is 0. The molecule has 0 spiro atoms. The van der Waals surface area contributed by atoms with E-state index in [4.69, 9.17) is 5.11 Å². The van der Waals surface area contributed by atoms with E-state index in [-0.39, 0.29) is 6.04 Å². The molecule has 20 heavy (non-hydrogen) atoms. The van der Waals surface area contributed by atoms with Gasteiger partial charge >= 0.3 is 5.97 Å². The Kier molecular flexibility index (Phi) is 2.57. The number of hydrazone groups is 1. The standard InChI is InChI=1S/C15H17N3O2/c19-15(20)11-3-1-9(2-4-11)12-14-13(17-16-12)10-5-7-18(14)8-6-10/h1-4,10,12,14,16H,5-8H2,(H,19,20). The maximum atomic E-state index is 10.9. The second kappa shape index (κ2) is 4.31. The van der Waals surface area contributed by atoms with E-state index < -0.39 is 5.97 Å². The lowest BCUT2D eigenvalue weighted by Crippen LogP contribution is -2.56. The van der Waals surface area contributed by atoms with E-state index in [9.17, 15) is 4.79 Å². The first-order chi connectivity index (χ1) is 9.74. The van der Waals surface area contributed by atoms with Crippen LogP contribution in [-0.2, 0) is 0 Å². The van der Waals surface area contributed by atoms with E-state index in [1.807, 2.05) is 12.1 Å². The lowest BCUT2D eigenvalue weighted by Gasteiger charge is -2.45. The number of aromatic carboxylic acids is 1. The Morgan fingerprint density at radius 1 is 1.25 bits per heavy atom. The molecule has 2 bridgehead atoms. The number of hydrogen-bond donors (Lipinski definition) is 2. The van der Waals surface area contributed by atoms with Crippen LogP contribution in [0.2, 0.25) is 0 Å². The molecule has 4 heterocycles. The quantitative estimate of drug-likeness (QED) is 0.855. The number of nitrogens with one attached hydrogen (secondary N) is 1. The average molecular weight is 271 g/mol. The third-order valence-corrected chi connectivity index (χ3v) is 4.81. The first-order valence-corrected chi connectivity index (χ1v) is 7.14. The molecule has 5 rings (SSSR count). The van der Waals surface area contributed by atoms with Crippen molar-refractivity contribution in [3.63, 3.8) is 0 Å². The predicted molar refractivity (Wildman–Crippen MR) is 74.8 cm³/mol. The van der Waals surface area contributed by atoms with E-state index in [0.29, 0.717) is 17.5 Å². The van der Waals surface area contributed by atoms with Crippen LogP contribution in [0.5, 0.6) is 0 Å². The van der Waals surface area contributed by atoms with Gasteiger partial charge in [-0.1, -0.05) is 12.1 Å². The normalized spacial score (nSPS) is 34.3. The van der Waals surface area contributed by atoms with Crippen molar-refractivity contribution in [3.8, 4) is 0 Å². The fourth-order valence-corrected chi connectivity index (χ4v) is 3.75. The number of rotatable bonds is 2. The highest BCUT2D eigenvalue weighted by Crippen LogP contribution is 2.38. The number of piperidine rings is 3. The Morgan fingerprint density at radius 2 is 1.95 bits per heavy atom. The van der Waals surface area contributed by atoms with Gasteiger partial charge in [-0.15, -0.1) is 0 Å². The minimum atomic E-state index is -0.881. The summed E-state index contributed by atoms with van der Waals surface area (Å²) in [5.74, 6) is -0.242. The lowest BCUT2D eigenvalue weighted by atomic mass is 9.78.